The average molecular weight is 425 g/mol. The van der Waals surface area contributed by atoms with E-state index in [9.17, 15) is 14.7 Å². The number of halogens is 2. The van der Waals surface area contributed by atoms with Crippen molar-refractivity contribution in [1.29, 1.82) is 0 Å². The standard InChI is InChI=1S/C23H21F2N3O3/c24-17-8-14-20(28(13-6-7-13)10-16(22(14)29)23(30)31)19(25)21(17)27-9-15(18(26)11-27)12-4-2-1-3-5-12/h1-5,8,10,13,15,18H,6-7,9,11,26H2,(H,30,31). The summed E-state index contributed by atoms with van der Waals surface area (Å²) in [5.74, 6) is -3.25. The van der Waals surface area contributed by atoms with Crippen molar-refractivity contribution >= 4 is 22.6 Å². The number of carbonyl (C=O) groups is 1. The minimum absolute atomic E-state index is 0.0503. The van der Waals surface area contributed by atoms with E-state index in [1.165, 1.54) is 10.8 Å². The number of pyridine rings is 1. The zero-order valence-electron chi connectivity index (χ0n) is 16.6. The third kappa shape index (κ3) is 3.18. The number of aromatic carboxylic acids is 1. The molecule has 2 atom stereocenters. The van der Waals surface area contributed by atoms with Crippen molar-refractivity contribution in [1.82, 2.24) is 4.57 Å². The van der Waals surface area contributed by atoms with Crippen molar-refractivity contribution < 1.29 is 18.7 Å². The number of nitrogens with two attached hydrogens (primary N) is 1. The van der Waals surface area contributed by atoms with Crippen molar-refractivity contribution in [3.63, 3.8) is 0 Å². The zero-order chi connectivity index (χ0) is 21.9. The predicted octanol–water partition coefficient (Wildman–Crippen LogP) is 3.24. The molecule has 1 aromatic heterocycles. The van der Waals surface area contributed by atoms with Crippen LogP contribution in [-0.2, 0) is 0 Å². The molecule has 160 valence electrons. The molecule has 0 radical (unpaired) electrons. The van der Waals surface area contributed by atoms with Crippen LogP contribution in [0.5, 0.6) is 0 Å². The molecule has 0 amide bonds. The van der Waals surface area contributed by atoms with Crippen LogP contribution in [0.1, 0.15) is 40.7 Å². The van der Waals surface area contributed by atoms with E-state index in [1.54, 1.807) is 4.90 Å². The summed E-state index contributed by atoms with van der Waals surface area (Å²) in [7, 11) is 0. The first-order valence-corrected chi connectivity index (χ1v) is 10.2. The molecule has 5 rings (SSSR count). The Labute approximate surface area is 176 Å². The van der Waals surface area contributed by atoms with Crippen LogP contribution >= 0.6 is 0 Å². The lowest BCUT2D eigenvalue weighted by atomic mass is 9.95. The second-order valence-corrected chi connectivity index (χ2v) is 8.32. The fourth-order valence-corrected chi connectivity index (χ4v) is 4.58. The van der Waals surface area contributed by atoms with Gasteiger partial charge in [0.15, 0.2) is 5.82 Å². The highest BCUT2D eigenvalue weighted by Gasteiger charge is 2.36. The number of hydrogen-bond donors (Lipinski definition) is 2. The lowest BCUT2D eigenvalue weighted by molar-refractivity contribution is 0.0694. The molecule has 3 aromatic rings. The van der Waals surface area contributed by atoms with E-state index in [2.05, 4.69) is 0 Å². The Balaban J connectivity index is 1.66. The third-order valence-corrected chi connectivity index (χ3v) is 6.26. The first-order valence-electron chi connectivity index (χ1n) is 10.2. The van der Waals surface area contributed by atoms with Crippen LogP contribution in [0.2, 0.25) is 0 Å². The van der Waals surface area contributed by atoms with Crippen LogP contribution in [0, 0.1) is 11.6 Å². The summed E-state index contributed by atoms with van der Waals surface area (Å²) in [6.07, 6.45) is 2.67. The van der Waals surface area contributed by atoms with Crippen LogP contribution in [0.15, 0.2) is 47.4 Å². The Morgan fingerprint density at radius 2 is 1.84 bits per heavy atom. The van der Waals surface area contributed by atoms with Gasteiger partial charge in [-0.1, -0.05) is 30.3 Å². The van der Waals surface area contributed by atoms with Gasteiger partial charge in [0, 0.05) is 37.3 Å². The van der Waals surface area contributed by atoms with Gasteiger partial charge in [0.1, 0.15) is 17.1 Å². The Kier molecular flexibility index (Phi) is 4.55. The molecular weight excluding hydrogens is 404 g/mol. The topological polar surface area (TPSA) is 88.6 Å². The molecule has 31 heavy (non-hydrogen) atoms. The lowest BCUT2D eigenvalue weighted by Crippen LogP contribution is -2.29. The van der Waals surface area contributed by atoms with Crippen molar-refractivity contribution in [2.75, 3.05) is 18.0 Å². The predicted molar refractivity (Wildman–Crippen MR) is 113 cm³/mol. The van der Waals surface area contributed by atoms with Gasteiger partial charge in [0.25, 0.3) is 0 Å². The number of aromatic nitrogens is 1. The summed E-state index contributed by atoms with van der Waals surface area (Å²) in [5.41, 5.74) is 5.66. The quantitative estimate of drug-likeness (QED) is 0.670. The number of rotatable bonds is 4. The van der Waals surface area contributed by atoms with Gasteiger partial charge in [-0.25, -0.2) is 13.6 Å². The number of nitrogens with zero attached hydrogens (tertiary/aromatic N) is 2. The molecule has 8 heteroatoms. The summed E-state index contributed by atoms with van der Waals surface area (Å²) >= 11 is 0. The third-order valence-electron chi connectivity index (χ3n) is 6.26. The van der Waals surface area contributed by atoms with Gasteiger partial charge in [0.2, 0.25) is 5.43 Å². The zero-order valence-corrected chi connectivity index (χ0v) is 16.6. The molecule has 1 aliphatic carbocycles. The molecule has 6 nitrogen and oxygen atoms in total. The van der Waals surface area contributed by atoms with Crippen molar-refractivity contribution in [2.45, 2.75) is 30.8 Å². The number of anilines is 1. The van der Waals surface area contributed by atoms with E-state index in [0.29, 0.717) is 6.54 Å². The highest BCUT2D eigenvalue weighted by Crippen LogP contribution is 2.41. The largest absolute Gasteiger partial charge is 0.477 e. The van der Waals surface area contributed by atoms with Gasteiger partial charge < -0.3 is 20.3 Å². The Hall–Kier alpha value is -3.26. The highest BCUT2D eigenvalue weighted by atomic mass is 19.1. The normalized spacial score (nSPS) is 21.1. The average Bonchev–Trinajstić information content (AvgIpc) is 3.51. The molecule has 3 N–H and O–H groups in total. The smallest absolute Gasteiger partial charge is 0.341 e. The fraction of sp³-hybridized carbons (Fsp3) is 0.304. The summed E-state index contributed by atoms with van der Waals surface area (Å²) in [5, 5.41) is 9.11. The Bertz CT molecular complexity index is 1250. The number of carboxylic acid groups (broad SMARTS) is 1. The second kappa shape index (κ2) is 7.16. The molecule has 1 aliphatic heterocycles. The van der Waals surface area contributed by atoms with E-state index in [-0.39, 0.29) is 41.1 Å². The summed E-state index contributed by atoms with van der Waals surface area (Å²) < 4.78 is 32.4. The van der Waals surface area contributed by atoms with E-state index in [4.69, 9.17) is 5.73 Å². The van der Waals surface area contributed by atoms with Gasteiger partial charge in [-0.05, 0) is 24.5 Å². The number of hydrogen-bond acceptors (Lipinski definition) is 4. The maximum Gasteiger partial charge on any atom is 0.341 e. The van der Waals surface area contributed by atoms with Crippen LogP contribution < -0.4 is 16.1 Å². The van der Waals surface area contributed by atoms with E-state index in [0.717, 1.165) is 24.5 Å². The molecule has 1 saturated heterocycles. The van der Waals surface area contributed by atoms with Crippen LogP contribution in [-0.4, -0.2) is 34.8 Å². The fourth-order valence-electron chi connectivity index (χ4n) is 4.58. The van der Waals surface area contributed by atoms with E-state index < -0.39 is 28.6 Å². The SMILES string of the molecule is NC1CN(c2c(F)cc3c(=O)c(C(=O)O)cn(C4CC4)c3c2F)CC1c1ccccc1. The van der Waals surface area contributed by atoms with Crippen molar-refractivity contribution in [2.24, 2.45) is 5.73 Å². The molecule has 2 heterocycles. The summed E-state index contributed by atoms with van der Waals surface area (Å²) in [4.78, 5) is 25.7. The molecule has 2 fully saturated rings. The first kappa shape index (κ1) is 19.7. The minimum Gasteiger partial charge on any atom is -0.477 e. The molecule has 0 spiro atoms. The molecule has 2 aliphatic rings. The van der Waals surface area contributed by atoms with Crippen LogP contribution in [0.4, 0.5) is 14.5 Å². The van der Waals surface area contributed by atoms with Gasteiger partial charge >= 0.3 is 5.97 Å². The molecule has 0 bridgehead atoms. The first-order chi connectivity index (χ1) is 14.9. The molecule has 2 aromatic carbocycles. The van der Waals surface area contributed by atoms with E-state index >= 15 is 8.78 Å². The number of benzene rings is 2. The molecule has 2 unspecified atom stereocenters. The van der Waals surface area contributed by atoms with E-state index in [1.807, 2.05) is 30.3 Å². The molecule has 1 saturated carbocycles. The van der Waals surface area contributed by atoms with Gasteiger partial charge in [-0.2, -0.15) is 0 Å². The maximum atomic E-state index is 15.8. The molecular formula is C23H21F2N3O3. The van der Waals surface area contributed by atoms with Crippen molar-refractivity contribution in [3.8, 4) is 0 Å². The number of carboxylic acids is 1. The lowest BCUT2D eigenvalue weighted by Gasteiger charge is -2.22. The minimum atomic E-state index is -1.41. The van der Waals surface area contributed by atoms with Crippen LogP contribution in [0.3, 0.4) is 0 Å². The van der Waals surface area contributed by atoms with Crippen molar-refractivity contribution in [3.05, 3.63) is 75.6 Å². The van der Waals surface area contributed by atoms with Crippen LogP contribution in [0.25, 0.3) is 10.9 Å². The monoisotopic (exact) mass is 425 g/mol. The summed E-state index contributed by atoms with van der Waals surface area (Å²) in [6, 6.07) is 10.1. The van der Waals surface area contributed by atoms with Gasteiger partial charge in [-0.3, -0.25) is 4.79 Å². The van der Waals surface area contributed by atoms with Gasteiger partial charge in [0.05, 0.1) is 10.9 Å². The second-order valence-electron chi connectivity index (χ2n) is 8.32. The van der Waals surface area contributed by atoms with Gasteiger partial charge in [-0.15, -0.1) is 0 Å². The highest BCUT2D eigenvalue weighted by molar-refractivity contribution is 5.94. The Morgan fingerprint density at radius 3 is 2.48 bits per heavy atom. The maximum absolute atomic E-state index is 15.8. The summed E-state index contributed by atoms with van der Waals surface area (Å²) in [6.45, 7) is 0.602. The number of fused-ring (bicyclic) bond motifs is 1. The Morgan fingerprint density at radius 1 is 1.13 bits per heavy atom.